The smallest absolute Gasteiger partial charge is 0.267 e. The van der Waals surface area contributed by atoms with Crippen LogP contribution < -0.4 is 14.4 Å². The number of nitrogens with zero attached hydrogens (tertiary/aromatic N) is 1. The van der Waals surface area contributed by atoms with E-state index in [1.807, 2.05) is 36.4 Å². The minimum Gasteiger partial charge on any atom is -0.476 e. The molecule has 0 saturated carbocycles. The van der Waals surface area contributed by atoms with Crippen molar-refractivity contribution in [2.45, 2.75) is 6.10 Å². The van der Waals surface area contributed by atoms with E-state index in [9.17, 15) is 13.2 Å². The van der Waals surface area contributed by atoms with Gasteiger partial charge in [-0.25, -0.2) is 8.42 Å². The molecule has 0 spiro atoms. The average Bonchev–Trinajstić information content (AvgIpc) is 2.66. The van der Waals surface area contributed by atoms with Crippen LogP contribution in [-0.4, -0.2) is 33.2 Å². The number of fused-ring (bicyclic) bond motifs is 2. The summed E-state index contributed by atoms with van der Waals surface area (Å²) in [4.78, 5) is 12.9. The van der Waals surface area contributed by atoms with Gasteiger partial charge in [-0.15, -0.1) is 0 Å². The number of hydrogen-bond donors (Lipinski definition) is 1. The van der Waals surface area contributed by atoms with Gasteiger partial charge in [0.15, 0.2) is 6.10 Å². The van der Waals surface area contributed by atoms with Gasteiger partial charge in [-0.05, 0) is 29.7 Å². The SMILES string of the molecule is CS(=O)(=O)N1C[C@H](C(=O)Nc2cccc3ccccc23)Oc2ccc(Cl)cc21. The van der Waals surface area contributed by atoms with Crippen LogP contribution in [0.15, 0.2) is 60.7 Å². The third kappa shape index (κ3) is 3.50. The predicted molar refractivity (Wildman–Crippen MR) is 111 cm³/mol. The first-order valence-corrected chi connectivity index (χ1v) is 10.8. The number of benzene rings is 3. The second kappa shape index (κ2) is 7.00. The van der Waals surface area contributed by atoms with Crippen molar-refractivity contribution < 1.29 is 17.9 Å². The molecule has 0 fully saturated rings. The van der Waals surface area contributed by atoms with Gasteiger partial charge in [0.25, 0.3) is 5.91 Å². The van der Waals surface area contributed by atoms with E-state index >= 15 is 0 Å². The topological polar surface area (TPSA) is 75.7 Å². The Morgan fingerprint density at radius 1 is 1.14 bits per heavy atom. The molecule has 0 saturated heterocycles. The lowest BCUT2D eigenvalue weighted by atomic mass is 10.1. The van der Waals surface area contributed by atoms with Gasteiger partial charge in [0, 0.05) is 16.1 Å². The van der Waals surface area contributed by atoms with Crippen LogP contribution in [0, 0.1) is 0 Å². The van der Waals surface area contributed by atoms with Gasteiger partial charge in [0.2, 0.25) is 10.0 Å². The predicted octanol–water partition coefficient (Wildman–Crippen LogP) is 3.66. The molecule has 1 atom stereocenters. The molecule has 0 radical (unpaired) electrons. The van der Waals surface area contributed by atoms with Gasteiger partial charge < -0.3 is 10.1 Å². The fourth-order valence-electron chi connectivity index (χ4n) is 3.22. The molecule has 1 aliphatic rings. The maximum absolute atomic E-state index is 12.9. The first-order chi connectivity index (χ1) is 13.3. The molecule has 0 bridgehead atoms. The van der Waals surface area contributed by atoms with E-state index in [2.05, 4.69) is 5.32 Å². The quantitative estimate of drug-likeness (QED) is 0.707. The number of amides is 1. The van der Waals surface area contributed by atoms with Gasteiger partial charge in [-0.2, -0.15) is 0 Å². The molecule has 144 valence electrons. The minimum atomic E-state index is -3.62. The van der Waals surface area contributed by atoms with Gasteiger partial charge in [-0.1, -0.05) is 48.0 Å². The summed E-state index contributed by atoms with van der Waals surface area (Å²) in [6.45, 7) is -0.136. The van der Waals surface area contributed by atoms with Crippen molar-refractivity contribution in [3.8, 4) is 5.75 Å². The Balaban J connectivity index is 1.66. The fraction of sp³-hybridized carbons (Fsp3) is 0.150. The van der Waals surface area contributed by atoms with Gasteiger partial charge >= 0.3 is 0 Å². The summed E-state index contributed by atoms with van der Waals surface area (Å²) in [5, 5.41) is 5.12. The van der Waals surface area contributed by atoms with Crippen LogP contribution in [0.5, 0.6) is 5.75 Å². The molecule has 0 unspecified atom stereocenters. The lowest BCUT2D eigenvalue weighted by molar-refractivity contribution is -0.122. The van der Waals surface area contributed by atoms with Crippen LogP contribution in [-0.2, 0) is 14.8 Å². The zero-order valence-electron chi connectivity index (χ0n) is 14.9. The highest BCUT2D eigenvalue weighted by Gasteiger charge is 2.35. The number of sulfonamides is 1. The van der Waals surface area contributed by atoms with Crippen molar-refractivity contribution in [2.75, 3.05) is 22.4 Å². The summed E-state index contributed by atoms with van der Waals surface area (Å²) in [6.07, 6.45) is 0.0882. The number of anilines is 2. The largest absolute Gasteiger partial charge is 0.476 e. The number of hydrogen-bond acceptors (Lipinski definition) is 4. The number of nitrogens with one attached hydrogen (secondary N) is 1. The molecule has 4 rings (SSSR count). The number of carbonyl (C=O) groups is 1. The molecule has 3 aromatic carbocycles. The molecule has 8 heteroatoms. The summed E-state index contributed by atoms with van der Waals surface area (Å²) in [6, 6.07) is 17.9. The highest BCUT2D eigenvalue weighted by atomic mass is 35.5. The van der Waals surface area contributed by atoms with Crippen molar-refractivity contribution in [3.05, 3.63) is 65.7 Å². The molecule has 0 aromatic heterocycles. The van der Waals surface area contributed by atoms with Crippen LogP contribution in [0.1, 0.15) is 0 Å². The molecule has 1 aliphatic heterocycles. The third-order valence-electron chi connectivity index (χ3n) is 4.53. The summed E-state index contributed by atoms with van der Waals surface area (Å²) in [7, 11) is -3.62. The molecular weight excluding hydrogens is 400 g/mol. The normalized spacial score (nSPS) is 16.4. The summed E-state index contributed by atoms with van der Waals surface area (Å²) < 4.78 is 31.4. The van der Waals surface area contributed by atoms with E-state index in [1.54, 1.807) is 18.2 Å². The Hall–Kier alpha value is -2.77. The lowest BCUT2D eigenvalue weighted by Crippen LogP contribution is -2.48. The van der Waals surface area contributed by atoms with Crippen LogP contribution >= 0.6 is 11.6 Å². The second-order valence-corrected chi connectivity index (χ2v) is 8.87. The summed E-state index contributed by atoms with van der Waals surface area (Å²) in [5.74, 6) is -0.134. The molecule has 0 aliphatic carbocycles. The lowest BCUT2D eigenvalue weighted by Gasteiger charge is -2.34. The number of carbonyl (C=O) groups excluding carboxylic acids is 1. The van der Waals surface area contributed by atoms with E-state index < -0.39 is 22.0 Å². The third-order valence-corrected chi connectivity index (χ3v) is 5.91. The minimum absolute atomic E-state index is 0.136. The van der Waals surface area contributed by atoms with Crippen LogP contribution in [0.2, 0.25) is 5.02 Å². The number of ether oxygens (including phenoxy) is 1. The van der Waals surface area contributed by atoms with Gasteiger partial charge in [0.1, 0.15) is 5.75 Å². The van der Waals surface area contributed by atoms with Crippen molar-refractivity contribution in [1.29, 1.82) is 0 Å². The van der Waals surface area contributed by atoms with Gasteiger partial charge in [-0.3, -0.25) is 9.10 Å². The number of halogens is 1. The first kappa shape index (κ1) is 18.6. The molecule has 28 heavy (non-hydrogen) atoms. The zero-order valence-corrected chi connectivity index (χ0v) is 16.5. The van der Waals surface area contributed by atoms with E-state index in [1.165, 1.54) is 6.07 Å². The Labute approximate surface area is 167 Å². The first-order valence-electron chi connectivity index (χ1n) is 8.55. The highest BCUT2D eigenvalue weighted by Crippen LogP contribution is 2.37. The second-order valence-electron chi connectivity index (χ2n) is 6.53. The summed E-state index contributed by atoms with van der Waals surface area (Å²) in [5.41, 5.74) is 0.962. The van der Waals surface area contributed by atoms with Crippen molar-refractivity contribution in [1.82, 2.24) is 0 Å². The molecule has 1 heterocycles. The standard InChI is InChI=1S/C20H17ClN2O4S/c1-28(25,26)23-12-19(27-18-10-9-14(21)11-17(18)23)20(24)22-16-8-4-6-13-5-2-3-7-15(13)16/h2-11,19H,12H2,1H3,(H,22,24)/t19-/m1/s1. The average molecular weight is 417 g/mol. The van der Waals surface area contributed by atoms with E-state index in [0.717, 1.165) is 21.3 Å². The maximum atomic E-state index is 12.9. The molecule has 1 N–H and O–H groups in total. The molecule has 1 amide bonds. The fourth-order valence-corrected chi connectivity index (χ4v) is 4.30. The Morgan fingerprint density at radius 2 is 1.89 bits per heavy atom. The Morgan fingerprint density at radius 3 is 2.68 bits per heavy atom. The highest BCUT2D eigenvalue weighted by molar-refractivity contribution is 7.92. The Kier molecular flexibility index (Phi) is 4.64. The Bertz CT molecular complexity index is 1170. The monoisotopic (exact) mass is 416 g/mol. The summed E-state index contributed by atoms with van der Waals surface area (Å²) >= 11 is 6.00. The maximum Gasteiger partial charge on any atom is 0.267 e. The van der Waals surface area contributed by atoms with E-state index in [0.29, 0.717) is 22.1 Å². The number of rotatable bonds is 3. The molecular formula is C20H17ClN2O4S. The van der Waals surface area contributed by atoms with Crippen molar-refractivity contribution in [2.24, 2.45) is 0 Å². The van der Waals surface area contributed by atoms with Crippen LogP contribution in [0.25, 0.3) is 10.8 Å². The van der Waals surface area contributed by atoms with E-state index in [4.69, 9.17) is 16.3 Å². The zero-order chi connectivity index (χ0) is 19.9. The van der Waals surface area contributed by atoms with Crippen LogP contribution in [0.3, 0.4) is 0 Å². The van der Waals surface area contributed by atoms with Crippen molar-refractivity contribution >= 4 is 49.7 Å². The van der Waals surface area contributed by atoms with Crippen LogP contribution in [0.4, 0.5) is 11.4 Å². The van der Waals surface area contributed by atoms with E-state index in [-0.39, 0.29) is 6.54 Å². The van der Waals surface area contributed by atoms with Gasteiger partial charge in [0.05, 0.1) is 18.5 Å². The molecule has 6 nitrogen and oxygen atoms in total. The molecule has 3 aromatic rings. The van der Waals surface area contributed by atoms with Crippen molar-refractivity contribution in [3.63, 3.8) is 0 Å².